The Bertz CT molecular complexity index is 2700. The summed E-state index contributed by atoms with van der Waals surface area (Å²) in [5, 5.41) is 2.42. The number of rotatable bonds is 6. The van der Waals surface area contributed by atoms with Gasteiger partial charge in [-0.1, -0.05) is 133 Å². The summed E-state index contributed by atoms with van der Waals surface area (Å²) in [6, 6.07) is 69.0. The van der Waals surface area contributed by atoms with E-state index in [0.717, 1.165) is 50.9 Å². The fourth-order valence-corrected chi connectivity index (χ4v) is 7.63. The molecule has 0 bridgehead atoms. The SMILES string of the molecule is c1ccc(-c2ccc(N(c3ccccc3)c3ccc(-c4ccc5c6ccccc6n6c5c4Oc4ccccc4-6)cc3)c(-c3ccccc3)c2)cc1. The first-order valence-electron chi connectivity index (χ1n) is 17.4. The average Bonchev–Trinajstić information content (AvgIpc) is 3.55. The maximum atomic E-state index is 6.76. The molecule has 51 heavy (non-hydrogen) atoms. The molecular formula is C48H32N2O. The molecule has 0 spiro atoms. The Kier molecular flexibility index (Phi) is 6.81. The highest BCUT2D eigenvalue weighted by Gasteiger charge is 2.26. The largest absolute Gasteiger partial charge is 0.452 e. The van der Waals surface area contributed by atoms with Crippen LogP contribution in [0.5, 0.6) is 11.5 Å². The van der Waals surface area contributed by atoms with Gasteiger partial charge in [-0.3, -0.25) is 0 Å². The Morgan fingerprint density at radius 2 is 1.02 bits per heavy atom. The van der Waals surface area contributed by atoms with E-state index in [4.69, 9.17) is 4.74 Å². The predicted octanol–water partition coefficient (Wildman–Crippen LogP) is 13.4. The van der Waals surface area contributed by atoms with Gasteiger partial charge >= 0.3 is 0 Å². The number of nitrogens with zero attached hydrogens (tertiary/aromatic N) is 2. The lowest BCUT2D eigenvalue weighted by molar-refractivity contribution is 0.478. The molecule has 3 nitrogen and oxygen atoms in total. The number of aromatic nitrogens is 1. The molecule has 0 fully saturated rings. The van der Waals surface area contributed by atoms with Crippen molar-refractivity contribution in [3.63, 3.8) is 0 Å². The van der Waals surface area contributed by atoms with Gasteiger partial charge < -0.3 is 14.2 Å². The normalized spacial score (nSPS) is 11.7. The molecule has 0 radical (unpaired) electrons. The van der Waals surface area contributed by atoms with E-state index in [1.54, 1.807) is 0 Å². The van der Waals surface area contributed by atoms with Crippen molar-refractivity contribution in [2.24, 2.45) is 0 Å². The predicted molar refractivity (Wildman–Crippen MR) is 212 cm³/mol. The molecule has 3 heteroatoms. The standard InChI is InChI=1S/C48H32N2O/c1-4-14-33(15-5-1)36-26-31-44(42(32-36)34-16-6-2-7-17-34)49(37-18-8-3-9-19-37)38-27-24-35(25-28-38)39-29-30-41-40-20-10-11-21-43(40)50-45-22-12-13-23-46(45)51-48(39)47(41)50/h1-32H. The minimum atomic E-state index is 0.861. The van der Waals surface area contributed by atoms with E-state index < -0.39 is 0 Å². The minimum absolute atomic E-state index is 0.861. The van der Waals surface area contributed by atoms with Crippen molar-refractivity contribution >= 4 is 38.9 Å². The van der Waals surface area contributed by atoms with Crippen LogP contribution in [0.3, 0.4) is 0 Å². The summed E-state index contributed by atoms with van der Waals surface area (Å²) in [4.78, 5) is 2.36. The molecule has 1 aromatic heterocycles. The maximum Gasteiger partial charge on any atom is 0.160 e. The molecule has 1 aliphatic heterocycles. The summed E-state index contributed by atoms with van der Waals surface area (Å²) in [5.41, 5.74) is 13.5. The van der Waals surface area contributed by atoms with Crippen LogP contribution >= 0.6 is 0 Å². The summed E-state index contributed by atoms with van der Waals surface area (Å²) in [6.07, 6.45) is 0. The Morgan fingerprint density at radius 1 is 0.412 bits per heavy atom. The van der Waals surface area contributed by atoms with Crippen molar-refractivity contribution in [2.75, 3.05) is 4.90 Å². The van der Waals surface area contributed by atoms with Crippen molar-refractivity contribution in [1.82, 2.24) is 4.57 Å². The van der Waals surface area contributed by atoms with Crippen LogP contribution in [0.1, 0.15) is 0 Å². The molecule has 0 saturated carbocycles. The van der Waals surface area contributed by atoms with Crippen LogP contribution in [-0.2, 0) is 0 Å². The average molecular weight is 653 g/mol. The zero-order valence-corrected chi connectivity index (χ0v) is 27.8. The fraction of sp³-hybridized carbons (Fsp3) is 0. The van der Waals surface area contributed by atoms with Gasteiger partial charge in [0.2, 0.25) is 0 Å². The van der Waals surface area contributed by atoms with Gasteiger partial charge in [-0.2, -0.15) is 0 Å². The number of benzene rings is 8. The van der Waals surface area contributed by atoms with Crippen molar-refractivity contribution in [3.8, 4) is 50.6 Å². The van der Waals surface area contributed by atoms with E-state index in [9.17, 15) is 0 Å². The molecule has 0 amide bonds. The lowest BCUT2D eigenvalue weighted by Gasteiger charge is -2.28. The molecule has 0 aliphatic carbocycles. The Hall–Kier alpha value is -6.84. The highest BCUT2D eigenvalue weighted by atomic mass is 16.5. The van der Waals surface area contributed by atoms with Gasteiger partial charge in [0.05, 0.1) is 22.4 Å². The number of ether oxygens (including phenoxy) is 1. The smallest absolute Gasteiger partial charge is 0.160 e. The van der Waals surface area contributed by atoms with E-state index >= 15 is 0 Å². The molecule has 0 saturated heterocycles. The lowest BCUT2D eigenvalue weighted by atomic mass is 9.96. The van der Waals surface area contributed by atoms with E-state index in [1.165, 1.54) is 38.5 Å². The number of hydrogen-bond acceptors (Lipinski definition) is 2. The van der Waals surface area contributed by atoms with Crippen molar-refractivity contribution in [3.05, 3.63) is 194 Å². The second-order valence-corrected chi connectivity index (χ2v) is 12.9. The summed E-state index contributed by atoms with van der Waals surface area (Å²) < 4.78 is 9.12. The molecule has 2 heterocycles. The minimum Gasteiger partial charge on any atom is -0.452 e. The van der Waals surface area contributed by atoms with E-state index in [2.05, 4.69) is 198 Å². The van der Waals surface area contributed by atoms with Gasteiger partial charge in [0.25, 0.3) is 0 Å². The summed E-state index contributed by atoms with van der Waals surface area (Å²) in [6.45, 7) is 0. The van der Waals surface area contributed by atoms with Crippen molar-refractivity contribution in [1.29, 1.82) is 0 Å². The highest BCUT2D eigenvalue weighted by Crippen LogP contribution is 2.50. The highest BCUT2D eigenvalue weighted by molar-refractivity contribution is 6.14. The third-order valence-electron chi connectivity index (χ3n) is 9.99. The van der Waals surface area contributed by atoms with Gasteiger partial charge in [0.1, 0.15) is 0 Å². The first-order valence-corrected chi connectivity index (χ1v) is 17.4. The Balaban J connectivity index is 1.13. The van der Waals surface area contributed by atoms with Crippen LogP contribution in [0.4, 0.5) is 17.1 Å². The zero-order chi connectivity index (χ0) is 33.7. The quantitative estimate of drug-likeness (QED) is 0.178. The van der Waals surface area contributed by atoms with Gasteiger partial charge in [-0.05, 0) is 82.9 Å². The van der Waals surface area contributed by atoms with Gasteiger partial charge in [-0.15, -0.1) is 0 Å². The molecule has 8 aromatic carbocycles. The van der Waals surface area contributed by atoms with Crippen molar-refractivity contribution in [2.45, 2.75) is 0 Å². The van der Waals surface area contributed by atoms with E-state index in [0.29, 0.717) is 0 Å². The molecule has 0 N–H and O–H groups in total. The third-order valence-corrected chi connectivity index (χ3v) is 9.99. The number of anilines is 3. The monoisotopic (exact) mass is 652 g/mol. The number of fused-ring (bicyclic) bond motifs is 5. The van der Waals surface area contributed by atoms with E-state index in [-0.39, 0.29) is 0 Å². The van der Waals surface area contributed by atoms with Gasteiger partial charge in [0.15, 0.2) is 11.5 Å². The molecular weight excluding hydrogens is 621 g/mol. The Morgan fingerprint density at radius 3 is 1.80 bits per heavy atom. The van der Waals surface area contributed by atoms with Crippen LogP contribution < -0.4 is 9.64 Å². The number of para-hydroxylation sites is 4. The first-order chi connectivity index (χ1) is 25.3. The summed E-state index contributed by atoms with van der Waals surface area (Å²) in [7, 11) is 0. The molecule has 240 valence electrons. The second kappa shape index (κ2) is 11.9. The van der Waals surface area contributed by atoms with Crippen LogP contribution in [0.25, 0.3) is 60.9 Å². The summed E-state index contributed by atoms with van der Waals surface area (Å²) in [5.74, 6) is 1.75. The van der Waals surface area contributed by atoms with E-state index in [1.807, 2.05) is 6.07 Å². The van der Waals surface area contributed by atoms with Gasteiger partial charge in [0, 0.05) is 33.3 Å². The first kappa shape index (κ1) is 29.1. The topological polar surface area (TPSA) is 17.4 Å². The zero-order valence-electron chi connectivity index (χ0n) is 27.8. The van der Waals surface area contributed by atoms with Crippen LogP contribution in [0, 0.1) is 0 Å². The fourth-order valence-electron chi connectivity index (χ4n) is 7.63. The lowest BCUT2D eigenvalue weighted by Crippen LogP contribution is -2.11. The molecule has 10 rings (SSSR count). The van der Waals surface area contributed by atoms with Crippen molar-refractivity contribution < 1.29 is 4.74 Å². The molecule has 0 atom stereocenters. The maximum absolute atomic E-state index is 6.76. The molecule has 1 aliphatic rings. The summed E-state index contributed by atoms with van der Waals surface area (Å²) >= 11 is 0. The molecule has 9 aromatic rings. The van der Waals surface area contributed by atoms with Gasteiger partial charge in [-0.25, -0.2) is 0 Å². The van der Waals surface area contributed by atoms with Crippen LogP contribution in [-0.4, -0.2) is 4.57 Å². The van der Waals surface area contributed by atoms with Crippen LogP contribution in [0.15, 0.2) is 194 Å². The third kappa shape index (κ3) is 4.82. The Labute approximate surface area is 296 Å². The molecule has 0 unspecified atom stereocenters. The number of hydrogen-bond donors (Lipinski definition) is 0. The van der Waals surface area contributed by atoms with Crippen LogP contribution in [0.2, 0.25) is 0 Å². The second-order valence-electron chi connectivity index (χ2n) is 12.9.